The SMILES string of the molecule is CNC(=O)OCc1cccc(CO)n1. The second-order valence-corrected chi connectivity index (χ2v) is 2.60. The van der Waals surface area contributed by atoms with E-state index in [-0.39, 0.29) is 13.2 Å². The van der Waals surface area contributed by atoms with Crippen molar-refractivity contribution >= 4 is 6.09 Å². The van der Waals surface area contributed by atoms with Gasteiger partial charge in [0.05, 0.1) is 18.0 Å². The largest absolute Gasteiger partial charge is 0.443 e. The molecule has 1 aromatic heterocycles. The van der Waals surface area contributed by atoms with Gasteiger partial charge in [-0.2, -0.15) is 0 Å². The van der Waals surface area contributed by atoms with E-state index in [1.54, 1.807) is 18.2 Å². The third kappa shape index (κ3) is 3.02. The van der Waals surface area contributed by atoms with Crippen LogP contribution in [0.15, 0.2) is 18.2 Å². The van der Waals surface area contributed by atoms with Gasteiger partial charge in [-0.05, 0) is 12.1 Å². The molecule has 1 amide bonds. The fourth-order valence-electron chi connectivity index (χ4n) is 0.909. The number of nitrogens with one attached hydrogen (secondary N) is 1. The van der Waals surface area contributed by atoms with Crippen molar-refractivity contribution in [3.63, 3.8) is 0 Å². The highest BCUT2D eigenvalue weighted by Crippen LogP contribution is 2.01. The summed E-state index contributed by atoms with van der Waals surface area (Å²) in [5, 5.41) is 11.1. The summed E-state index contributed by atoms with van der Waals surface area (Å²) in [6, 6.07) is 5.17. The van der Waals surface area contributed by atoms with Crippen LogP contribution in [0.4, 0.5) is 4.79 Å². The molecule has 0 bridgehead atoms. The number of ether oxygens (including phenoxy) is 1. The quantitative estimate of drug-likeness (QED) is 0.735. The molecule has 0 fully saturated rings. The van der Waals surface area contributed by atoms with Gasteiger partial charge in [0.15, 0.2) is 0 Å². The molecule has 1 aromatic rings. The van der Waals surface area contributed by atoms with E-state index in [1.165, 1.54) is 7.05 Å². The summed E-state index contributed by atoms with van der Waals surface area (Å²) in [6.45, 7) is -0.0126. The molecule has 0 aliphatic heterocycles. The van der Waals surface area contributed by atoms with Crippen LogP contribution in [0.5, 0.6) is 0 Å². The third-order valence-electron chi connectivity index (χ3n) is 1.58. The van der Waals surface area contributed by atoms with Gasteiger partial charge in [0.1, 0.15) is 6.61 Å². The van der Waals surface area contributed by atoms with Gasteiger partial charge in [-0.1, -0.05) is 6.07 Å². The van der Waals surface area contributed by atoms with Gasteiger partial charge in [-0.25, -0.2) is 4.79 Å². The van der Waals surface area contributed by atoms with Gasteiger partial charge in [-0.3, -0.25) is 4.98 Å². The van der Waals surface area contributed by atoms with E-state index in [0.29, 0.717) is 11.4 Å². The molecular formula is C9H12N2O3. The van der Waals surface area contributed by atoms with Crippen LogP contribution in [0.25, 0.3) is 0 Å². The van der Waals surface area contributed by atoms with Crippen LogP contribution in [0, 0.1) is 0 Å². The number of hydrogen-bond acceptors (Lipinski definition) is 4. The first-order valence-electron chi connectivity index (χ1n) is 4.16. The minimum absolute atomic E-state index is 0.105. The third-order valence-corrected chi connectivity index (χ3v) is 1.58. The Morgan fingerprint density at radius 3 is 2.93 bits per heavy atom. The molecule has 14 heavy (non-hydrogen) atoms. The van der Waals surface area contributed by atoms with Gasteiger partial charge in [0.25, 0.3) is 0 Å². The van der Waals surface area contributed by atoms with E-state index in [4.69, 9.17) is 9.84 Å². The standard InChI is InChI=1S/C9H12N2O3/c1-10-9(13)14-6-8-4-2-3-7(5-12)11-8/h2-4,12H,5-6H2,1H3,(H,10,13). The molecule has 0 saturated heterocycles. The summed E-state index contributed by atoms with van der Waals surface area (Å²) in [5.74, 6) is 0. The zero-order valence-electron chi connectivity index (χ0n) is 7.86. The van der Waals surface area contributed by atoms with E-state index >= 15 is 0 Å². The predicted molar refractivity (Wildman–Crippen MR) is 49.4 cm³/mol. The smallest absolute Gasteiger partial charge is 0.407 e. The number of alkyl carbamates (subject to hydrolysis) is 1. The lowest BCUT2D eigenvalue weighted by Crippen LogP contribution is -2.19. The van der Waals surface area contributed by atoms with Crippen molar-refractivity contribution in [3.8, 4) is 0 Å². The molecule has 1 rings (SSSR count). The molecule has 1 heterocycles. The minimum atomic E-state index is -0.499. The van der Waals surface area contributed by atoms with Crippen LogP contribution in [-0.2, 0) is 18.0 Å². The number of aliphatic hydroxyl groups is 1. The summed E-state index contributed by atoms with van der Waals surface area (Å²) in [7, 11) is 1.49. The fraction of sp³-hybridized carbons (Fsp3) is 0.333. The van der Waals surface area contributed by atoms with E-state index in [0.717, 1.165) is 0 Å². The van der Waals surface area contributed by atoms with Crippen LogP contribution >= 0.6 is 0 Å². The Balaban J connectivity index is 2.54. The number of rotatable bonds is 3. The molecule has 0 spiro atoms. The Kier molecular flexibility index (Phi) is 3.87. The van der Waals surface area contributed by atoms with Gasteiger partial charge >= 0.3 is 6.09 Å². The zero-order valence-corrected chi connectivity index (χ0v) is 7.86. The maximum atomic E-state index is 10.7. The van der Waals surface area contributed by atoms with Crippen molar-refractivity contribution in [1.82, 2.24) is 10.3 Å². The van der Waals surface area contributed by atoms with Crippen LogP contribution in [0.3, 0.4) is 0 Å². The summed E-state index contributed by atoms with van der Waals surface area (Å²) in [4.78, 5) is 14.8. The summed E-state index contributed by atoms with van der Waals surface area (Å²) >= 11 is 0. The summed E-state index contributed by atoms with van der Waals surface area (Å²) < 4.78 is 4.78. The van der Waals surface area contributed by atoms with Crippen molar-refractivity contribution in [2.24, 2.45) is 0 Å². The van der Waals surface area contributed by atoms with Crippen LogP contribution < -0.4 is 5.32 Å². The lowest BCUT2D eigenvalue weighted by Gasteiger charge is -2.04. The normalized spacial score (nSPS) is 9.57. The molecule has 0 unspecified atom stereocenters. The van der Waals surface area contributed by atoms with E-state index in [2.05, 4.69) is 10.3 Å². The number of hydrogen-bond donors (Lipinski definition) is 2. The van der Waals surface area contributed by atoms with Crippen molar-refractivity contribution in [3.05, 3.63) is 29.6 Å². The lowest BCUT2D eigenvalue weighted by molar-refractivity contribution is 0.140. The topological polar surface area (TPSA) is 71.5 Å². The van der Waals surface area contributed by atoms with Crippen molar-refractivity contribution in [2.45, 2.75) is 13.2 Å². The number of carbonyl (C=O) groups excluding carboxylic acids is 1. The summed E-state index contributed by atoms with van der Waals surface area (Å²) in [6.07, 6.45) is -0.499. The molecule has 5 heteroatoms. The molecule has 0 aromatic carbocycles. The average molecular weight is 196 g/mol. The molecule has 0 atom stereocenters. The van der Waals surface area contributed by atoms with E-state index < -0.39 is 6.09 Å². The predicted octanol–water partition coefficient (Wildman–Crippen LogP) is 0.430. The molecule has 0 saturated carbocycles. The average Bonchev–Trinajstić information content (AvgIpc) is 2.26. The molecular weight excluding hydrogens is 184 g/mol. The number of carbonyl (C=O) groups is 1. The molecule has 76 valence electrons. The number of pyridine rings is 1. The molecule has 0 radical (unpaired) electrons. The Labute approximate surface area is 81.7 Å². The monoisotopic (exact) mass is 196 g/mol. The molecule has 2 N–H and O–H groups in total. The van der Waals surface area contributed by atoms with Crippen LogP contribution in [0.1, 0.15) is 11.4 Å². The maximum Gasteiger partial charge on any atom is 0.407 e. The highest BCUT2D eigenvalue weighted by molar-refractivity contribution is 5.66. The second kappa shape index (κ2) is 5.18. The molecule has 0 aliphatic rings. The van der Waals surface area contributed by atoms with Crippen LogP contribution in [-0.4, -0.2) is 23.2 Å². The number of aliphatic hydroxyl groups excluding tert-OH is 1. The zero-order chi connectivity index (χ0) is 10.4. The van der Waals surface area contributed by atoms with Crippen molar-refractivity contribution < 1.29 is 14.6 Å². The van der Waals surface area contributed by atoms with E-state index in [1.807, 2.05) is 0 Å². The number of nitrogens with zero attached hydrogens (tertiary/aromatic N) is 1. The molecule has 5 nitrogen and oxygen atoms in total. The Morgan fingerprint density at radius 1 is 1.57 bits per heavy atom. The molecule has 0 aliphatic carbocycles. The lowest BCUT2D eigenvalue weighted by atomic mass is 10.3. The van der Waals surface area contributed by atoms with Gasteiger partial charge < -0.3 is 15.2 Å². The maximum absolute atomic E-state index is 10.7. The Morgan fingerprint density at radius 2 is 2.29 bits per heavy atom. The first-order valence-corrected chi connectivity index (χ1v) is 4.16. The minimum Gasteiger partial charge on any atom is -0.443 e. The highest BCUT2D eigenvalue weighted by Gasteiger charge is 2.00. The second-order valence-electron chi connectivity index (χ2n) is 2.60. The van der Waals surface area contributed by atoms with Crippen molar-refractivity contribution in [1.29, 1.82) is 0 Å². The van der Waals surface area contributed by atoms with E-state index in [9.17, 15) is 4.79 Å². The number of amides is 1. The summed E-state index contributed by atoms with van der Waals surface area (Å²) in [5.41, 5.74) is 1.17. The highest BCUT2D eigenvalue weighted by atomic mass is 16.5. The van der Waals surface area contributed by atoms with Gasteiger partial charge in [0.2, 0.25) is 0 Å². The Hall–Kier alpha value is -1.62. The Bertz CT molecular complexity index is 315. The van der Waals surface area contributed by atoms with Crippen molar-refractivity contribution in [2.75, 3.05) is 7.05 Å². The first kappa shape index (κ1) is 10.5. The first-order chi connectivity index (χ1) is 6.76. The fourth-order valence-corrected chi connectivity index (χ4v) is 0.909. The van der Waals surface area contributed by atoms with Gasteiger partial charge in [0, 0.05) is 7.05 Å². The van der Waals surface area contributed by atoms with Crippen LogP contribution in [0.2, 0.25) is 0 Å². The number of aromatic nitrogens is 1. The van der Waals surface area contributed by atoms with Gasteiger partial charge in [-0.15, -0.1) is 0 Å².